The lowest BCUT2D eigenvalue weighted by Crippen LogP contribution is -2.46. The molecule has 0 bridgehead atoms. The number of aliphatic hydroxyl groups is 1. The first-order valence-corrected chi connectivity index (χ1v) is 27.5. The molecule has 3 fully saturated rings. The van der Waals surface area contributed by atoms with Gasteiger partial charge in [0.2, 0.25) is 20.0 Å². The molecule has 0 radical (unpaired) electrons. The van der Waals surface area contributed by atoms with Gasteiger partial charge in [-0.05, 0) is 144 Å². The summed E-state index contributed by atoms with van der Waals surface area (Å²) in [6.45, 7) is 8.59. The number of carbonyl (C=O) groups excluding carboxylic acids is 2. The molecule has 3 aliphatic heterocycles. The summed E-state index contributed by atoms with van der Waals surface area (Å²) in [5, 5.41) is 20.6. The lowest BCUT2D eigenvalue weighted by atomic mass is 10.1. The fourth-order valence-corrected chi connectivity index (χ4v) is 12.8. The van der Waals surface area contributed by atoms with E-state index in [4.69, 9.17) is 4.18 Å². The first-order chi connectivity index (χ1) is 33.3. The Labute approximate surface area is 411 Å². The van der Waals surface area contributed by atoms with Gasteiger partial charge in [0.1, 0.15) is 0 Å². The number of anilines is 4. The monoisotopic (exact) mass is 1020 g/mol. The second-order valence-corrected chi connectivity index (χ2v) is 23.2. The molecular formula is C50H61N7O10S3. The third-order valence-corrected chi connectivity index (χ3v) is 17.7. The maximum absolute atomic E-state index is 13.3. The molecule has 8 rings (SSSR count). The fourth-order valence-electron chi connectivity index (χ4n) is 8.49. The molecule has 5 aromatic rings. The van der Waals surface area contributed by atoms with Gasteiger partial charge in [-0.15, -0.1) is 0 Å². The highest BCUT2D eigenvalue weighted by Gasteiger charge is 2.38. The molecule has 20 heteroatoms. The number of piperidine rings is 1. The van der Waals surface area contributed by atoms with Crippen molar-refractivity contribution < 1.29 is 44.1 Å². The number of aryl methyl sites for hydroxylation is 3. The van der Waals surface area contributed by atoms with Crippen molar-refractivity contribution in [2.75, 3.05) is 60.6 Å². The van der Waals surface area contributed by atoms with Crippen molar-refractivity contribution in [2.45, 2.75) is 92.2 Å². The van der Waals surface area contributed by atoms with Crippen LogP contribution in [0.15, 0.2) is 136 Å². The Morgan fingerprint density at radius 2 is 0.843 bits per heavy atom. The van der Waals surface area contributed by atoms with E-state index >= 15 is 0 Å². The van der Waals surface area contributed by atoms with Gasteiger partial charge in [-0.25, -0.2) is 26.4 Å². The van der Waals surface area contributed by atoms with Crippen LogP contribution in [0, 0.1) is 20.8 Å². The standard InChI is InChI=1S/C26H29N3O6S2.C24H32N4O4S/c1-19-5-9-21(10-6-19)27-26(30)28-22-11-15-24(16-12-22)36(31,32)29-17-3-4-23(29)18-35-37(33,34)25-13-7-20(2)8-14-25;1-18-4-6-19(7-5-18)25-24(30)26-20-8-10-23(11-9-20)33(31,32)28-14-2-3-21(28)17-27-15-12-22(29)13-16-27/h5-16,23H,3-4,17-18H2,1-2H3,(H2,27,28,30);4-11,21-22,29H,2-3,12-17H2,1H3,(H2,25,26,30)/t23-;21-/m00/s1. The molecule has 0 saturated carbocycles. The Morgan fingerprint density at radius 3 is 1.26 bits per heavy atom. The number of amides is 4. The molecule has 374 valence electrons. The van der Waals surface area contributed by atoms with Crippen molar-refractivity contribution in [3.8, 4) is 0 Å². The van der Waals surface area contributed by atoms with Gasteiger partial charge in [0.05, 0.1) is 33.4 Å². The minimum Gasteiger partial charge on any atom is -0.393 e. The number of urea groups is 2. The summed E-state index contributed by atoms with van der Waals surface area (Å²) in [4.78, 5) is 27.1. The van der Waals surface area contributed by atoms with Crippen LogP contribution in [0.2, 0.25) is 0 Å². The minimum absolute atomic E-state index is 0.0278. The molecule has 0 spiro atoms. The Morgan fingerprint density at radius 1 is 0.500 bits per heavy atom. The zero-order valence-electron chi connectivity index (χ0n) is 39.5. The summed E-state index contributed by atoms with van der Waals surface area (Å²) in [7, 11) is -11.5. The van der Waals surface area contributed by atoms with Gasteiger partial charge >= 0.3 is 12.1 Å². The highest BCUT2D eigenvalue weighted by atomic mass is 32.2. The second-order valence-electron chi connectivity index (χ2n) is 17.8. The molecule has 5 aromatic carbocycles. The van der Waals surface area contributed by atoms with E-state index in [1.54, 1.807) is 52.8 Å². The van der Waals surface area contributed by atoms with Gasteiger partial charge in [0.25, 0.3) is 10.1 Å². The topological polar surface area (TPSA) is 224 Å². The molecule has 3 aliphatic rings. The number of sulfonamides is 2. The smallest absolute Gasteiger partial charge is 0.323 e. The van der Waals surface area contributed by atoms with E-state index in [1.165, 1.54) is 40.7 Å². The maximum Gasteiger partial charge on any atom is 0.323 e. The number of likely N-dealkylation sites (tertiary alicyclic amines) is 1. The van der Waals surface area contributed by atoms with Crippen molar-refractivity contribution in [2.24, 2.45) is 0 Å². The van der Waals surface area contributed by atoms with Crippen molar-refractivity contribution in [1.82, 2.24) is 13.5 Å². The molecule has 17 nitrogen and oxygen atoms in total. The van der Waals surface area contributed by atoms with E-state index in [2.05, 4.69) is 26.2 Å². The van der Waals surface area contributed by atoms with Crippen molar-refractivity contribution in [1.29, 1.82) is 0 Å². The van der Waals surface area contributed by atoms with Crippen molar-refractivity contribution >= 4 is 65.0 Å². The van der Waals surface area contributed by atoms with Crippen LogP contribution in [0.25, 0.3) is 0 Å². The first-order valence-electron chi connectivity index (χ1n) is 23.3. The fraction of sp³-hybridized carbons (Fsp3) is 0.360. The summed E-state index contributed by atoms with van der Waals surface area (Å²) in [5.41, 5.74) is 5.35. The molecule has 3 heterocycles. The van der Waals surface area contributed by atoms with Crippen LogP contribution in [-0.2, 0) is 34.3 Å². The quantitative estimate of drug-likeness (QED) is 0.0677. The largest absolute Gasteiger partial charge is 0.393 e. The number of nitrogens with zero attached hydrogens (tertiary/aromatic N) is 3. The van der Waals surface area contributed by atoms with E-state index in [0.29, 0.717) is 48.7 Å². The van der Waals surface area contributed by atoms with Crippen LogP contribution in [0.3, 0.4) is 0 Å². The molecule has 4 amide bonds. The SMILES string of the molecule is Cc1ccc(NC(=O)Nc2ccc(S(=O)(=O)N3CCC[C@H]3CN3CCC(O)CC3)cc2)cc1.Cc1ccc(NC(=O)Nc2ccc(S(=O)(=O)N3CCC[C@H]3COS(=O)(=O)c3ccc(C)cc3)cc2)cc1. The molecule has 0 aromatic heterocycles. The average molecular weight is 1020 g/mol. The number of nitrogens with one attached hydrogen (secondary N) is 4. The number of aliphatic hydroxyl groups excluding tert-OH is 1. The Hall–Kier alpha value is -5.71. The van der Waals surface area contributed by atoms with Crippen LogP contribution < -0.4 is 21.3 Å². The Kier molecular flexibility index (Phi) is 17.1. The number of carbonyl (C=O) groups is 2. The van der Waals surface area contributed by atoms with Gasteiger partial charge in [-0.2, -0.15) is 17.0 Å². The normalized spacial score (nSPS) is 18.4. The Bertz CT molecular complexity index is 2900. The minimum atomic E-state index is -4.01. The third-order valence-electron chi connectivity index (χ3n) is 12.5. The Balaban J connectivity index is 0.000000208. The van der Waals surface area contributed by atoms with Crippen LogP contribution in [0.4, 0.5) is 32.3 Å². The van der Waals surface area contributed by atoms with Crippen molar-refractivity contribution in [3.63, 3.8) is 0 Å². The molecule has 0 unspecified atom stereocenters. The predicted molar refractivity (Wildman–Crippen MR) is 270 cm³/mol. The number of benzene rings is 5. The van der Waals surface area contributed by atoms with Gasteiger partial charge in [-0.3, -0.25) is 4.18 Å². The van der Waals surface area contributed by atoms with Crippen LogP contribution >= 0.6 is 0 Å². The molecule has 3 saturated heterocycles. The zero-order valence-corrected chi connectivity index (χ0v) is 41.9. The van der Waals surface area contributed by atoms with Crippen molar-refractivity contribution in [3.05, 3.63) is 138 Å². The van der Waals surface area contributed by atoms with Crippen LogP contribution in [0.1, 0.15) is 55.2 Å². The average Bonchev–Trinajstić information content (AvgIpc) is 4.03. The first kappa shape index (κ1) is 52.1. The molecular weight excluding hydrogens is 955 g/mol. The second kappa shape index (κ2) is 23.0. The highest BCUT2D eigenvalue weighted by Crippen LogP contribution is 2.30. The summed E-state index contributed by atoms with van der Waals surface area (Å²) >= 11 is 0. The maximum atomic E-state index is 13.3. The summed E-state index contributed by atoms with van der Waals surface area (Å²) in [6, 6.07) is 31.7. The lowest BCUT2D eigenvalue weighted by Gasteiger charge is -2.34. The number of hydrogen-bond donors (Lipinski definition) is 5. The summed E-state index contributed by atoms with van der Waals surface area (Å²) in [6.07, 6.45) is 4.02. The van der Waals surface area contributed by atoms with E-state index in [0.717, 1.165) is 55.5 Å². The van der Waals surface area contributed by atoms with Crippen LogP contribution in [0.5, 0.6) is 0 Å². The van der Waals surface area contributed by atoms with E-state index < -0.39 is 42.2 Å². The van der Waals surface area contributed by atoms with Crippen LogP contribution in [-0.4, -0.2) is 113 Å². The predicted octanol–water partition coefficient (Wildman–Crippen LogP) is 7.75. The lowest BCUT2D eigenvalue weighted by molar-refractivity contribution is 0.0748. The van der Waals surface area contributed by atoms with Gasteiger partial charge in [0.15, 0.2) is 0 Å². The number of rotatable bonds is 14. The molecule has 70 heavy (non-hydrogen) atoms. The van der Waals surface area contributed by atoms with E-state index in [1.807, 2.05) is 57.2 Å². The van der Waals surface area contributed by atoms with E-state index in [9.17, 15) is 39.9 Å². The molecule has 5 N–H and O–H groups in total. The van der Waals surface area contributed by atoms with Gasteiger partial charge in [-0.1, -0.05) is 53.1 Å². The highest BCUT2D eigenvalue weighted by molar-refractivity contribution is 7.89. The van der Waals surface area contributed by atoms with Gasteiger partial charge in [0, 0.05) is 61.5 Å². The molecule has 2 atom stereocenters. The third kappa shape index (κ3) is 13.8. The zero-order chi connectivity index (χ0) is 50.1. The summed E-state index contributed by atoms with van der Waals surface area (Å²) in [5.74, 6) is 0. The molecule has 0 aliphatic carbocycles. The summed E-state index contributed by atoms with van der Waals surface area (Å²) < 4.78 is 86.5. The van der Waals surface area contributed by atoms with Gasteiger partial charge < -0.3 is 31.3 Å². The number of hydrogen-bond acceptors (Lipinski definition) is 11. The van der Waals surface area contributed by atoms with E-state index in [-0.39, 0.29) is 46.0 Å².